The van der Waals surface area contributed by atoms with Gasteiger partial charge in [-0.2, -0.15) is 0 Å². The predicted molar refractivity (Wildman–Crippen MR) is 100 cm³/mol. The summed E-state index contributed by atoms with van der Waals surface area (Å²) in [4.78, 5) is 9.67. The molecule has 0 aliphatic rings. The first-order valence-electron chi connectivity index (χ1n) is 7.23. The Bertz CT molecular complexity index is 747. The lowest BCUT2D eigenvalue weighted by molar-refractivity contribution is 0.315. The van der Waals surface area contributed by atoms with Crippen molar-refractivity contribution >= 4 is 24.8 Å². The van der Waals surface area contributed by atoms with Crippen LogP contribution in [0.25, 0.3) is 11.4 Å². The van der Waals surface area contributed by atoms with Crippen LogP contribution in [0.4, 0.5) is 4.39 Å². The van der Waals surface area contributed by atoms with E-state index in [1.807, 2.05) is 24.3 Å². The zero-order chi connectivity index (χ0) is 15.4. The van der Waals surface area contributed by atoms with Crippen LogP contribution in [0.15, 0.2) is 60.8 Å². The molecule has 1 heterocycles. The Labute approximate surface area is 153 Å². The van der Waals surface area contributed by atoms with Crippen molar-refractivity contribution in [2.24, 2.45) is 0 Å². The molecule has 0 spiro atoms. The average Bonchev–Trinajstić information content (AvgIpc) is 2.97. The van der Waals surface area contributed by atoms with Crippen molar-refractivity contribution in [3.8, 4) is 11.4 Å². The van der Waals surface area contributed by atoms with Crippen LogP contribution in [0.3, 0.4) is 0 Å². The van der Waals surface area contributed by atoms with Gasteiger partial charge in [-0.3, -0.25) is 4.90 Å². The van der Waals surface area contributed by atoms with Crippen molar-refractivity contribution in [3.05, 3.63) is 77.9 Å². The molecule has 3 aromatic rings. The van der Waals surface area contributed by atoms with Gasteiger partial charge < -0.3 is 4.98 Å². The number of aromatic amines is 1. The largest absolute Gasteiger partial charge is 0.341 e. The summed E-state index contributed by atoms with van der Waals surface area (Å²) in [5.41, 5.74) is 2.73. The van der Waals surface area contributed by atoms with Crippen molar-refractivity contribution < 1.29 is 4.39 Å². The fourth-order valence-corrected chi connectivity index (χ4v) is 2.47. The summed E-state index contributed by atoms with van der Waals surface area (Å²) in [7, 11) is 2.05. The van der Waals surface area contributed by atoms with E-state index < -0.39 is 0 Å². The molecule has 0 fully saturated rings. The molecule has 0 aliphatic heterocycles. The van der Waals surface area contributed by atoms with Crippen LogP contribution in [0.2, 0.25) is 0 Å². The highest BCUT2D eigenvalue weighted by Gasteiger charge is 2.09. The third-order valence-electron chi connectivity index (χ3n) is 3.49. The van der Waals surface area contributed by atoms with Crippen LogP contribution >= 0.6 is 24.8 Å². The van der Waals surface area contributed by atoms with Crippen molar-refractivity contribution in [2.45, 2.75) is 13.1 Å². The molecule has 6 heteroatoms. The van der Waals surface area contributed by atoms with Gasteiger partial charge in [-0.15, -0.1) is 24.8 Å². The Balaban J connectivity index is 0.00000144. The number of hydrogen-bond donors (Lipinski definition) is 1. The van der Waals surface area contributed by atoms with Crippen LogP contribution < -0.4 is 0 Å². The van der Waals surface area contributed by atoms with Crippen molar-refractivity contribution in [3.63, 3.8) is 0 Å². The molecule has 1 aromatic heterocycles. The van der Waals surface area contributed by atoms with E-state index in [4.69, 9.17) is 0 Å². The molecule has 3 nitrogen and oxygen atoms in total. The predicted octanol–water partition coefficient (Wildman–Crippen LogP) is 4.69. The lowest BCUT2D eigenvalue weighted by Gasteiger charge is -2.15. The normalized spacial score (nSPS) is 10.1. The summed E-state index contributed by atoms with van der Waals surface area (Å²) in [5.74, 6) is 0.308. The van der Waals surface area contributed by atoms with Gasteiger partial charge in [0, 0.05) is 25.0 Å². The van der Waals surface area contributed by atoms with Crippen LogP contribution in [-0.4, -0.2) is 21.9 Å². The third-order valence-corrected chi connectivity index (χ3v) is 3.49. The topological polar surface area (TPSA) is 31.9 Å². The smallest absolute Gasteiger partial charge is 0.140 e. The maximum absolute atomic E-state index is 13.8. The number of benzene rings is 2. The van der Waals surface area contributed by atoms with Crippen LogP contribution in [-0.2, 0) is 13.1 Å². The Kier molecular flexibility index (Phi) is 7.92. The fraction of sp³-hybridized carbons (Fsp3) is 0.167. The van der Waals surface area contributed by atoms with Gasteiger partial charge in [0.1, 0.15) is 11.6 Å². The SMILES string of the molecule is CN(Cc1ccccc1)Cc1cnc(-c2ccccc2F)[nH]1.Cl.Cl. The second-order valence-electron chi connectivity index (χ2n) is 5.39. The zero-order valence-corrected chi connectivity index (χ0v) is 14.9. The highest BCUT2D eigenvalue weighted by Crippen LogP contribution is 2.19. The average molecular weight is 368 g/mol. The second-order valence-corrected chi connectivity index (χ2v) is 5.39. The highest BCUT2D eigenvalue weighted by atomic mass is 35.5. The van der Waals surface area contributed by atoms with Gasteiger partial charge in [-0.25, -0.2) is 9.37 Å². The molecule has 3 rings (SSSR count). The van der Waals surface area contributed by atoms with E-state index in [0.29, 0.717) is 11.4 Å². The minimum Gasteiger partial charge on any atom is -0.341 e. The quantitative estimate of drug-likeness (QED) is 0.709. The lowest BCUT2D eigenvalue weighted by Crippen LogP contribution is -2.17. The lowest BCUT2D eigenvalue weighted by atomic mass is 10.2. The summed E-state index contributed by atoms with van der Waals surface area (Å²) in [6.07, 6.45) is 1.77. The Morgan fingerprint density at radius 1 is 0.958 bits per heavy atom. The Morgan fingerprint density at radius 3 is 2.33 bits per heavy atom. The summed E-state index contributed by atoms with van der Waals surface area (Å²) in [5, 5.41) is 0. The maximum atomic E-state index is 13.8. The summed E-state index contributed by atoms with van der Waals surface area (Å²) < 4.78 is 13.8. The van der Waals surface area contributed by atoms with Gasteiger partial charge in [0.2, 0.25) is 0 Å². The molecule has 0 bridgehead atoms. The minimum absolute atomic E-state index is 0. The fourth-order valence-electron chi connectivity index (χ4n) is 2.47. The first-order chi connectivity index (χ1) is 10.7. The molecule has 2 aromatic carbocycles. The van der Waals surface area contributed by atoms with E-state index in [-0.39, 0.29) is 30.6 Å². The summed E-state index contributed by atoms with van der Waals surface area (Å²) >= 11 is 0. The van der Waals surface area contributed by atoms with E-state index in [9.17, 15) is 4.39 Å². The van der Waals surface area contributed by atoms with Crippen molar-refractivity contribution in [1.29, 1.82) is 0 Å². The van der Waals surface area contributed by atoms with Gasteiger partial charge in [-0.1, -0.05) is 42.5 Å². The van der Waals surface area contributed by atoms with Gasteiger partial charge in [0.15, 0.2) is 0 Å². The van der Waals surface area contributed by atoms with Gasteiger partial charge in [-0.05, 0) is 24.7 Å². The summed E-state index contributed by atoms with van der Waals surface area (Å²) in [6.45, 7) is 1.59. The maximum Gasteiger partial charge on any atom is 0.140 e. The van der Waals surface area contributed by atoms with Crippen molar-refractivity contribution in [2.75, 3.05) is 7.05 Å². The van der Waals surface area contributed by atoms with Gasteiger partial charge >= 0.3 is 0 Å². The van der Waals surface area contributed by atoms with E-state index >= 15 is 0 Å². The number of hydrogen-bond acceptors (Lipinski definition) is 2. The first-order valence-corrected chi connectivity index (χ1v) is 7.23. The summed E-state index contributed by atoms with van der Waals surface area (Å²) in [6, 6.07) is 17.0. The Hall–Kier alpha value is -1.88. The molecule has 0 saturated carbocycles. The number of nitrogens with zero attached hydrogens (tertiary/aromatic N) is 2. The van der Waals surface area contributed by atoms with E-state index in [1.54, 1.807) is 18.3 Å². The molecule has 0 aliphatic carbocycles. The Morgan fingerprint density at radius 2 is 1.62 bits per heavy atom. The molecule has 0 atom stereocenters. The second kappa shape index (κ2) is 9.42. The molecule has 0 unspecified atom stereocenters. The monoisotopic (exact) mass is 367 g/mol. The van der Waals surface area contributed by atoms with Gasteiger partial charge in [0.25, 0.3) is 0 Å². The minimum atomic E-state index is -0.263. The number of aromatic nitrogens is 2. The number of halogens is 3. The molecule has 0 amide bonds. The van der Waals surface area contributed by atoms with E-state index in [2.05, 4.69) is 34.0 Å². The first kappa shape index (κ1) is 20.2. The van der Waals surface area contributed by atoms with Crippen LogP contribution in [0.5, 0.6) is 0 Å². The van der Waals surface area contributed by atoms with E-state index in [1.165, 1.54) is 11.6 Å². The number of imidazole rings is 1. The number of rotatable bonds is 5. The number of nitrogens with one attached hydrogen (secondary N) is 1. The van der Waals surface area contributed by atoms with Crippen LogP contribution in [0.1, 0.15) is 11.3 Å². The molecule has 24 heavy (non-hydrogen) atoms. The molecule has 1 N–H and O–H groups in total. The van der Waals surface area contributed by atoms with Crippen LogP contribution in [0, 0.1) is 5.82 Å². The molecular formula is C18H20Cl2FN3. The van der Waals surface area contributed by atoms with E-state index in [0.717, 1.165) is 18.8 Å². The highest BCUT2D eigenvalue weighted by molar-refractivity contribution is 5.85. The number of H-pyrrole nitrogens is 1. The molecule has 0 saturated heterocycles. The third kappa shape index (κ3) is 5.06. The molecule has 0 radical (unpaired) electrons. The van der Waals surface area contributed by atoms with Crippen molar-refractivity contribution in [1.82, 2.24) is 14.9 Å². The molecular weight excluding hydrogens is 348 g/mol. The molecule has 128 valence electrons. The van der Waals surface area contributed by atoms with Gasteiger partial charge in [0.05, 0.1) is 5.56 Å². The zero-order valence-electron chi connectivity index (χ0n) is 13.3. The standard InChI is InChI=1S/C18H18FN3.2ClH/c1-22(12-14-7-3-2-4-8-14)13-15-11-20-18(21-15)16-9-5-6-10-17(16)19;;/h2-11H,12-13H2,1H3,(H,20,21);2*1H.